The van der Waals surface area contributed by atoms with Gasteiger partial charge in [-0.1, -0.05) is 54.6 Å². The molecule has 0 atom stereocenters. The van der Waals surface area contributed by atoms with Crippen molar-refractivity contribution in [1.29, 1.82) is 0 Å². The normalized spacial score (nSPS) is 17.1. The summed E-state index contributed by atoms with van der Waals surface area (Å²) >= 11 is 0. The lowest BCUT2D eigenvalue weighted by molar-refractivity contribution is -0.0474. The standard InChI is InChI=1S/C16H20O2/c1(3-8-12-16-17-13-14-18-16)2-5-9-15-10-6-4-7-11-15/h1-2,4-7,9-11,16H,3,8,12-14H2/b2-1+,9-5+. The van der Waals surface area contributed by atoms with Gasteiger partial charge in [0.25, 0.3) is 0 Å². The van der Waals surface area contributed by atoms with Gasteiger partial charge in [0.05, 0.1) is 13.2 Å². The average Bonchev–Trinajstić information content (AvgIpc) is 2.92. The zero-order valence-electron chi connectivity index (χ0n) is 10.6. The highest BCUT2D eigenvalue weighted by molar-refractivity contribution is 5.50. The van der Waals surface area contributed by atoms with Gasteiger partial charge in [0.15, 0.2) is 6.29 Å². The maximum Gasteiger partial charge on any atom is 0.157 e. The van der Waals surface area contributed by atoms with Crippen molar-refractivity contribution in [3.8, 4) is 0 Å². The van der Waals surface area contributed by atoms with Gasteiger partial charge in [0.1, 0.15) is 0 Å². The molecule has 2 heteroatoms. The summed E-state index contributed by atoms with van der Waals surface area (Å²) in [6.07, 6.45) is 11.7. The van der Waals surface area contributed by atoms with E-state index in [0.717, 1.165) is 32.5 Å². The molecule has 1 aliphatic rings. The molecule has 1 aromatic carbocycles. The van der Waals surface area contributed by atoms with Gasteiger partial charge < -0.3 is 9.47 Å². The van der Waals surface area contributed by atoms with Crippen LogP contribution in [0.15, 0.2) is 48.6 Å². The molecule has 0 saturated carbocycles. The molecular formula is C16H20O2. The first-order valence-electron chi connectivity index (χ1n) is 6.56. The van der Waals surface area contributed by atoms with E-state index in [0.29, 0.717) is 0 Å². The highest BCUT2D eigenvalue weighted by Gasteiger charge is 2.14. The minimum atomic E-state index is 0.0401. The largest absolute Gasteiger partial charge is 0.350 e. The fourth-order valence-corrected chi connectivity index (χ4v) is 1.88. The Balaban J connectivity index is 1.58. The van der Waals surface area contributed by atoms with Gasteiger partial charge in [-0.2, -0.15) is 0 Å². The van der Waals surface area contributed by atoms with E-state index in [2.05, 4.69) is 36.4 Å². The molecule has 2 nitrogen and oxygen atoms in total. The second-order valence-corrected chi connectivity index (χ2v) is 4.30. The van der Waals surface area contributed by atoms with Crippen LogP contribution >= 0.6 is 0 Å². The molecule has 0 aromatic heterocycles. The van der Waals surface area contributed by atoms with Crippen LogP contribution in [0.5, 0.6) is 0 Å². The van der Waals surface area contributed by atoms with Gasteiger partial charge >= 0.3 is 0 Å². The maximum absolute atomic E-state index is 5.38. The van der Waals surface area contributed by atoms with Crippen LogP contribution in [0.3, 0.4) is 0 Å². The predicted molar refractivity (Wildman–Crippen MR) is 74.2 cm³/mol. The van der Waals surface area contributed by atoms with Gasteiger partial charge in [-0.05, 0) is 24.8 Å². The predicted octanol–water partition coefficient (Wildman–Crippen LogP) is 3.80. The van der Waals surface area contributed by atoms with Crippen LogP contribution in [0.4, 0.5) is 0 Å². The maximum atomic E-state index is 5.38. The second kappa shape index (κ2) is 7.85. The quantitative estimate of drug-likeness (QED) is 0.560. The third kappa shape index (κ3) is 4.86. The number of hydrogen-bond donors (Lipinski definition) is 0. The molecule has 18 heavy (non-hydrogen) atoms. The summed E-state index contributed by atoms with van der Waals surface area (Å²) in [7, 11) is 0. The van der Waals surface area contributed by atoms with E-state index < -0.39 is 0 Å². The second-order valence-electron chi connectivity index (χ2n) is 4.30. The molecule has 1 aliphatic heterocycles. The molecule has 0 amide bonds. The Morgan fingerprint density at radius 3 is 2.61 bits per heavy atom. The monoisotopic (exact) mass is 244 g/mol. The molecule has 0 spiro atoms. The summed E-state index contributed by atoms with van der Waals surface area (Å²) in [6, 6.07) is 10.3. The Morgan fingerprint density at radius 1 is 1.06 bits per heavy atom. The fourth-order valence-electron chi connectivity index (χ4n) is 1.88. The minimum Gasteiger partial charge on any atom is -0.350 e. The van der Waals surface area contributed by atoms with Crippen molar-refractivity contribution in [3.05, 3.63) is 54.1 Å². The Morgan fingerprint density at radius 2 is 1.83 bits per heavy atom. The van der Waals surface area contributed by atoms with E-state index in [1.165, 1.54) is 5.56 Å². The lowest BCUT2D eigenvalue weighted by atomic mass is 10.2. The van der Waals surface area contributed by atoms with Crippen LogP contribution in [-0.2, 0) is 9.47 Å². The Bertz CT molecular complexity index is 375. The highest BCUT2D eigenvalue weighted by atomic mass is 16.7. The molecule has 0 N–H and O–H groups in total. The summed E-state index contributed by atoms with van der Waals surface area (Å²) in [5, 5.41) is 0. The van der Waals surface area contributed by atoms with Crippen molar-refractivity contribution < 1.29 is 9.47 Å². The Kier molecular flexibility index (Phi) is 5.70. The van der Waals surface area contributed by atoms with Crippen LogP contribution in [0.25, 0.3) is 6.08 Å². The van der Waals surface area contributed by atoms with Crippen LogP contribution in [-0.4, -0.2) is 19.5 Å². The Labute approximate surface area is 109 Å². The summed E-state index contributed by atoms with van der Waals surface area (Å²) in [6.45, 7) is 1.50. The van der Waals surface area contributed by atoms with E-state index in [-0.39, 0.29) is 6.29 Å². The minimum absolute atomic E-state index is 0.0401. The molecule has 0 radical (unpaired) electrons. The van der Waals surface area contributed by atoms with E-state index in [9.17, 15) is 0 Å². The third-order valence-corrected chi connectivity index (χ3v) is 2.84. The molecule has 1 fully saturated rings. The molecule has 0 unspecified atom stereocenters. The van der Waals surface area contributed by atoms with Crippen LogP contribution in [0, 0.1) is 0 Å². The molecule has 0 aliphatic carbocycles. The van der Waals surface area contributed by atoms with Gasteiger partial charge in [-0.25, -0.2) is 0 Å². The zero-order valence-corrected chi connectivity index (χ0v) is 10.6. The van der Waals surface area contributed by atoms with E-state index in [1.807, 2.05) is 18.2 Å². The van der Waals surface area contributed by atoms with Crippen molar-refractivity contribution in [2.45, 2.75) is 25.6 Å². The zero-order chi connectivity index (χ0) is 12.5. The number of unbranched alkanes of at least 4 members (excludes halogenated alkanes) is 1. The van der Waals surface area contributed by atoms with Crippen LogP contribution in [0.1, 0.15) is 24.8 Å². The average molecular weight is 244 g/mol. The third-order valence-electron chi connectivity index (χ3n) is 2.84. The molecule has 1 saturated heterocycles. The van der Waals surface area contributed by atoms with Crippen molar-refractivity contribution in [2.24, 2.45) is 0 Å². The van der Waals surface area contributed by atoms with Gasteiger partial charge in [0.2, 0.25) is 0 Å². The SMILES string of the molecule is C(/C=C/c1ccccc1)=C\CCCC1OCCO1. The van der Waals surface area contributed by atoms with Crippen LogP contribution < -0.4 is 0 Å². The van der Waals surface area contributed by atoms with E-state index in [4.69, 9.17) is 9.47 Å². The van der Waals surface area contributed by atoms with E-state index >= 15 is 0 Å². The molecule has 1 aromatic rings. The fraction of sp³-hybridized carbons (Fsp3) is 0.375. The summed E-state index contributed by atoms with van der Waals surface area (Å²) in [4.78, 5) is 0. The number of benzene rings is 1. The summed E-state index contributed by atoms with van der Waals surface area (Å²) in [5.74, 6) is 0. The lowest BCUT2D eigenvalue weighted by Gasteiger charge is -2.06. The number of rotatable bonds is 6. The van der Waals surface area contributed by atoms with Gasteiger partial charge in [0, 0.05) is 0 Å². The lowest BCUT2D eigenvalue weighted by Crippen LogP contribution is -2.06. The van der Waals surface area contributed by atoms with Crippen molar-refractivity contribution in [3.63, 3.8) is 0 Å². The molecule has 1 heterocycles. The van der Waals surface area contributed by atoms with Gasteiger partial charge in [-0.15, -0.1) is 0 Å². The van der Waals surface area contributed by atoms with Crippen LogP contribution in [0.2, 0.25) is 0 Å². The van der Waals surface area contributed by atoms with Gasteiger partial charge in [-0.3, -0.25) is 0 Å². The highest BCUT2D eigenvalue weighted by Crippen LogP contribution is 2.11. The summed E-state index contributed by atoms with van der Waals surface area (Å²) in [5.41, 5.74) is 1.23. The number of hydrogen-bond acceptors (Lipinski definition) is 2. The first-order valence-corrected chi connectivity index (χ1v) is 6.56. The van der Waals surface area contributed by atoms with Crippen molar-refractivity contribution in [2.75, 3.05) is 13.2 Å². The number of allylic oxidation sites excluding steroid dienone is 3. The smallest absolute Gasteiger partial charge is 0.157 e. The summed E-state index contributed by atoms with van der Waals surface area (Å²) < 4.78 is 10.8. The van der Waals surface area contributed by atoms with E-state index in [1.54, 1.807) is 0 Å². The molecule has 96 valence electrons. The topological polar surface area (TPSA) is 18.5 Å². The molecule has 0 bridgehead atoms. The van der Waals surface area contributed by atoms with Crippen molar-refractivity contribution in [1.82, 2.24) is 0 Å². The first kappa shape index (κ1) is 13.1. The Hall–Kier alpha value is -1.38. The molecule has 2 rings (SSSR count). The van der Waals surface area contributed by atoms with Crippen molar-refractivity contribution >= 4 is 6.08 Å². The molecular weight excluding hydrogens is 224 g/mol. The first-order chi connectivity index (χ1) is 8.95. The number of ether oxygens (including phenoxy) is 2.